The van der Waals surface area contributed by atoms with Crippen LogP contribution in [-0.2, 0) is 9.53 Å². The molecular weight excluding hydrogens is 297 g/mol. The molecular formula is C15H17F3N2O2. The monoisotopic (exact) mass is 314 g/mol. The minimum Gasteiger partial charge on any atom is -0.370 e. The Morgan fingerprint density at radius 3 is 2.91 bits per heavy atom. The number of benzene rings is 1. The van der Waals surface area contributed by atoms with E-state index < -0.39 is 31.0 Å². The molecule has 120 valence electrons. The molecule has 0 spiro atoms. The molecule has 0 saturated carbocycles. The summed E-state index contributed by atoms with van der Waals surface area (Å²) in [5.74, 6) is -3.56. The second-order valence-corrected chi connectivity index (χ2v) is 5.69. The number of amides is 1. The number of nitrogens with zero attached hydrogens (tertiary/aromatic N) is 1. The van der Waals surface area contributed by atoms with Gasteiger partial charge >= 0.3 is 0 Å². The van der Waals surface area contributed by atoms with Gasteiger partial charge in [-0.25, -0.2) is 13.2 Å². The van der Waals surface area contributed by atoms with Gasteiger partial charge in [-0.15, -0.1) is 0 Å². The van der Waals surface area contributed by atoms with Crippen LogP contribution in [0.1, 0.15) is 18.1 Å². The largest absolute Gasteiger partial charge is 0.370 e. The van der Waals surface area contributed by atoms with Gasteiger partial charge in [0.1, 0.15) is 11.9 Å². The molecule has 0 bridgehead atoms. The van der Waals surface area contributed by atoms with Crippen LogP contribution in [0.4, 0.5) is 13.2 Å². The van der Waals surface area contributed by atoms with Crippen LogP contribution in [0.3, 0.4) is 0 Å². The van der Waals surface area contributed by atoms with Crippen LogP contribution in [0, 0.1) is 5.82 Å². The zero-order chi connectivity index (χ0) is 15.7. The molecule has 1 N–H and O–H groups in total. The van der Waals surface area contributed by atoms with Crippen molar-refractivity contribution in [2.24, 2.45) is 0 Å². The lowest BCUT2D eigenvalue weighted by atomic mass is 10.1. The van der Waals surface area contributed by atoms with Gasteiger partial charge < -0.3 is 9.64 Å². The molecule has 2 unspecified atom stereocenters. The number of rotatable bonds is 2. The number of halogens is 3. The average molecular weight is 314 g/mol. The summed E-state index contributed by atoms with van der Waals surface area (Å²) in [7, 11) is 0. The minimum atomic E-state index is -2.84. The van der Waals surface area contributed by atoms with Gasteiger partial charge in [0, 0.05) is 13.0 Å². The van der Waals surface area contributed by atoms with E-state index >= 15 is 0 Å². The molecule has 7 heteroatoms. The van der Waals surface area contributed by atoms with Crippen LogP contribution in [0.15, 0.2) is 24.3 Å². The van der Waals surface area contributed by atoms with Crippen molar-refractivity contribution in [3.63, 3.8) is 0 Å². The topological polar surface area (TPSA) is 41.6 Å². The number of carbonyl (C=O) groups is 1. The first-order valence-electron chi connectivity index (χ1n) is 7.22. The molecule has 2 aliphatic heterocycles. The van der Waals surface area contributed by atoms with Crippen LogP contribution < -0.4 is 5.32 Å². The van der Waals surface area contributed by atoms with E-state index in [2.05, 4.69) is 5.32 Å². The summed E-state index contributed by atoms with van der Waals surface area (Å²) in [6.45, 7) is 0.428. The van der Waals surface area contributed by atoms with Crippen LogP contribution in [0.2, 0.25) is 0 Å². The second-order valence-electron chi connectivity index (χ2n) is 5.69. The van der Waals surface area contributed by atoms with Gasteiger partial charge in [0.15, 0.2) is 0 Å². The smallest absolute Gasteiger partial charge is 0.262 e. The Hall–Kier alpha value is -1.60. The lowest BCUT2D eigenvalue weighted by Crippen LogP contribution is -2.49. The van der Waals surface area contributed by atoms with Gasteiger partial charge in [0.2, 0.25) is 5.91 Å². The highest BCUT2D eigenvalue weighted by atomic mass is 19.3. The number of hydrogen-bond acceptors (Lipinski definition) is 3. The number of nitrogens with one attached hydrogen (secondary N) is 1. The molecule has 3 rings (SSSR count). The third kappa shape index (κ3) is 3.25. The number of morpholine rings is 1. The number of alkyl halides is 2. The predicted molar refractivity (Wildman–Crippen MR) is 73.0 cm³/mol. The molecule has 1 amide bonds. The average Bonchev–Trinajstić information content (AvgIpc) is 2.87. The van der Waals surface area contributed by atoms with Crippen LogP contribution >= 0.6 is 0 Å². The molecule has 2 heterocycles. The summed E-state index contributed by atoms with van der Waals surface area (Å²) in [6, 6.07) is 5.14. The number of carbonyl (C=O) groups excluding carboxylic acids is 1. The Labute approximate surface area is 126 Å². The van der Waals surface area contributed by atoms with Crippen molar-refractivity contribution in [2.75, 3.05) is 26.2 Å². The summed E-state index contributed by atoms with van der Waals surface area (Å²) in [5, 5.41) is 2.57. The lowest BCUT2D eigenvalue weighted by Gasteiger charge is -2.34. The fourth-order valence-corrected chi connectivity index (χ4v) is 2.87. The van der Waals surface area contributed by atoms with Gasteiger partial charge in [-0.2, -0.15) is 0 Å². The van der Waals surface area contributed by atoms with Gasteiger partial charge in [0.25, 0.3) is 5.92 Å². The Kier molecular flexibility index (Phi) is 4.10. The van der Waals surface area contributed by atoms with Crippen molar-refractivity contribution in [1.29, 1.82) is 0 Å². The molecule has 2 atom stereocenters. The summed E-state index contributed by atoms with van der Waals surface area (Å²) in [6.07, 6.45) is -0.913. The molecule has 1 aromatic rings. The fourth-order valence-electron chi connectivity index (χ4n) is 2.87. The Morgan fingerprint density at radius 2 is 2.23 bits per heavy atom. The first-order chi connectivity index (χ1) is 10.4. The van der Waals surface area contributed by atoms with Crippen molar-refractivity contribution in [3.05, 3.63) is 35.6 Å². The van der Waals surface area contributed by atoms with Crippen molar-refractivity contribution in [2.45, 2.75) is 24.5 Å². The van der Waals surface area contributed by atoms with E-state index in [9.17, 15) is 18.0 Å². The normalized spacial score (nSPS) is 27.9. The van der Waals surface area contributed by atoms with Crippen LogP contribution in [0.25, 0.3) is 0 Å². The molecule has 1 aromatic carbocycles. The fraction of sp³-hybridized carbons (Fsp3) is 0.533. The Balaban J connectivity index is 1.67. The van der Waals surface area contributed by atoms with Gasteiger partial charge in [-0.05, 0) is 17.7 Å². The highest BCUT2D eigenvalue weighted by molar-refractivity contribution is 5.82. The maximum atomic E-state index is 13.3. The van der Waals surface area contributed by atoms with Gasteiger partial charge in [-0.1, -0.05) is 12.1 Å². The third-order valence-electron chi connectivity index (χ3n) is 4.01. The van der Waals surface area contributed by atoms with E-state index in [0.717, 1.165) is 0 Å². The lowest BCUT2D eigenvalue weighted by molar-refractivity contribution is -0.141. The van der Waals surface area contributed by atoms with Crippen molar-refractivity contribution in [1.82, 2.24) is 10.2 Å². The van der Waals surface area contributed by atoms with E-state index in [-0.39, 0.29) is 18.3 Å². The highest BCUT2D eigenvalue weighted by Gasteiger charge is 2.44. The molecule has 0 radical (unpaired) electrons. The summed E-state index contributed by atoms with van der Waals surface area (Å²) in [5.41, 5.74) is 0.641. The van der Waals surface area contributed by atoms with Crippen molar-refractivity contribution >= 4 is 5.91 Å². The molecule has 4 nitrogen and oxygen atoms in total. The molecule has 0 aromatic heterocycles. The first kappa shape index (κ1) is 15.3. The SMILES string of the molecule is O=C(C1CC(F)(F)CN1)N1CCOC(c2cccc(F)c2)C1. The zero-order valence-electron chi connectivity index (χ0n) is 11.9. The molecule has 0 aliphatic carbocycles. The Morgan fingerprint density at radius 1 is 1.41 bits per heavy atom. The van der Waals surface area contributed by atoms with Crippen molar-refractivity contribution < 1.29 is 22.7 Å². The van der Waals surface area contributed by atoms with E-state index in [1.165, 1.54) is 17.0 Å². The van der Waals surface area contributed by atoms with Crippen molar-refractivity contribution in [3.8, 4) is 0 Å². The first-order valence-corrected chi connectivity index (χ1v) is 7.22. The zero-order valence-corrected chi connectivity index (χ0v) is 11.9. The molecule has 2 saturated heterocycles. The molecule has 2 fully saturated rings. The maximum absolute atomic E-state index is 13.3. The number of hydrogen-bond donors (Lipinski definition) is 1. The maximum Gasteiger partial charge on any atom is 0.262 e. The standard InChI is InChI=1S/C15H17F3N2O2/c16-11-3-1-2-10(6-11)13-8-20(4-5-22-13)14(21)12-7-15(17,18)9-19-12/h1-3,6,12-13,19H,4-5,7-9H2. The minimum absolute atomic E-state index is 0.242. The van der Waals surface area contributed by atoms with E-state index in [1.807, 2.05) is 0 Å². The van der Waals surface area contributed by atoms with E-state index in [4.69, 9.17) is 4.74 Å². The summed E-state index contributed by atoms with van der Waals surface area (Å²) >= 11 is 0. The van der Waals surface area contributed by atoms with Gasteiger partial charge in [-0.3, -0.25) is 10.1 Å². The number of ether oxygens (including phenoxy) is 1. The summed E-state index contributed by atoms with van der Waals surface area (Å²) < 4.78 is 45.3. The summed E-state index contributed by atoms with van der Waals surface area (Å²) in [4.78, 5) is 13.8. The second kappa shape index (κ2) is 5.89. The highest BCUT2D eigenvalue weighted by Crippen LogP contribution is 2.28. The van der Waals surface area contributed by atoms with Gasteiger partial charge in [0.05, 0.1) is 25.7 Å². The quantitative estimate of drug-likeness (QED) is 0.904. The van der Waals surface area contributed by atoms with E-state index in [1.54, 1.807) is 12.1 Å². The predicted octanol–water partition coefficient (Wildman–Crippen LogP) is 1.72. The molecule has 2 aliphatic rings. The van der Waals surface area contributed by atoms with Crippen LogP contribution in [0.5, 0.6) is 0 Å². The van der Waals surface area contributed by atoms with Crippen LogP contribution in [-0.4, -0.2) is 49.0 Å². The van der Waals surface area contributed by atoms with E-state index in [0.29, 0.717) is 18.7 Å². The molecule has 22 heavy (non-hydrogen) atoms. The Bertz CT molecular complexity index is 567. The third-order valence-corrected chi connectivity index (χ3v) is 4.01.